The minimum Gasteiger partial charge on any atom is -0.478 e. The van der Waals surface area contributed by atoms with Crippen LogP contribution in [0.4, 0.5) is 5.69 Å². The van der Waals surface area contributed by atoms with E-state index in [0.29, 0.717) is 18.5 Å². The summed E-state index contributed by atoms with van der Waals surface area (Å²) in [6.07, 6.45) is 4.18. The molecule has 0 radical (unpaired) electrons. The number of aromatic carboxylic acids is 1. The molecular weight excluding hydrogens is 290 g/mol. The van der Waals surface area contributed by atoms with Gasteiger partial charge >= 0.3 is 5.97 Å². The number of carboxylic acids is 1. The summed E-state index contributed by atoms with van der Waals surface area (Å²) in [7, 11) is 0. The first-order chi connectivity index (χ1) is 11.1. The number of benzene rings is 2. The summed E-state index contributed by atoms with van der Waals surface area (Å²) < 4.78 is 1.95. The highest BCUT2D eigenvalue weighted by molar-refractivity contribution is 5.89. The van der Waals surface area contributed by atoms with E-state index in [1.807, 2.05) is 47.2 Å². The number of carbonyl (C=O) groups is 1. The number of imidazole rings is 1. The Morgan fingerprint density at radius 1 is 1.09 bits per heavy atom. The number of anilines is 1. The van der Waals surface area contributed by atoms with E-state index in [-0.39, 0.29) is 0 Å². The van der Waals surface area contributed by atoms with Gasteiger partial charge in [-0.05, 0) is 23.3 Å². The highest BCUT2D eigenvalue weighted by Crippen LogP contribution is 2.17. The SMILES string of the molecule is Nc1ccccc1Cc1nccn1Cc1ccccc1C(=O)O. The van der Waals surface area contributed by atoms with Gasteiger partial charge in [0.2, 0.25) is 0 Å². The van der Waals surface area contributed by atoms with Crippen molar-refractivity contribution in [3.63, 3.8) is 0 Å². The van der Waals surface area contributed by atoms with Crippen LogP contribution in [-0.2, 0) is 13.0 Å². The molecule has 0 unspecified atom stereocenters. The van der Waals surface area contributed by atoms with Gasteiger partial charge in [0.25, 0.3) is 0 Å². The summed E-state index contributed by atoms with van der Waals surface area (Å²) in [4.78, 5) is 15.7. The molecule has 1 heterocycles. The van der Waals surface area contributed by atoms with E-state index in [9.17, 15) is 9.90 Å². The molecule has 0 bridgehead atoms. The zero-order chi connectivity index (χ0) is 16.2. The monoisotopic (exact) mass is 307 g/mol. The lowest BCUT2D eigenvalue weighted by Gasteiger charge is -2.11. The highest BCUT2D eigenvalue weighted by atomic mass is 16.4. The van der Waals surface area contributed by atoms with Gasteiger partial charge in [-0.15, -0.1) is 0 Å². The van der Waals surface area contributed by atoms with Gasteiger partial charge in [0.1, 0.15) is 5.82 Å². The highest BCUT2D eigenvalue weighted by Gasteiger charge is 2.12. The van der Waals surface area contributed by atoms with Crippen LogP contribution in [0, 0.1) is 0 Å². The third-order valence-electron chi connectivity index (χ3n) is 3.79. The van der Waals surface area contributed by atoms with Crippen LogP contribution in [0.25, 0.3) is 0 Å². The molecule has 0 atom stereocenters. The number of carboxylic acid groups (broad SMARTS) is 1. The number of rotatable bonds is 5. The first-order valence-corrected chi connectivity index (χ1v) is 7.29. The largest absolute Gasteiger partial charge is 0.478 e. The number of nitrogen functional groups attached to an aromatic ring is 1. The fraction of sp³-hybridized carbons (Fsp3) is 0.111. The number of hydrogen-bond acceptors (Lipinski definition) is 3. The Bertz CT molecular complexity index is 840. The van der Waals surface area contributed by atoms with Crippen LogP contribution in [0.15, 0.2) is 60.9 Å². The average molecular weight is 307 g/mol. The fourth-order valence-corrected chi connectivity index (χ4v) is 2.57. The van der Waals surface area contributed by atoms with Crippen LogP contribution in [0.3, 0.4) is 0 Å². The minimum absolute atomic E-state index is 0.311. The van der Waals surface area contributed by atoms with E-state index >= 15 is 0 Å². The smallest absolute Gasteiger partial charge is 0.336 e. The van der Waals surface area contributed by atoms with Crippen LogP contribution in [0.5, 0.6) is 0 Å². The first kappa shape index (κ1) is 14.8. The van der Waals surface area contributed by atoms with E-state index < -0.39 is 5.97 Å². The van der Waals surface area contributed by atoms with Crippen molar-refractivity contribution < 1.29 is 9.90 Å². The number of para-hydroxylation sites is 1. The van der Waals surface area contributed by atoms with Crippen molar-refractivity contribution >= 4 is 11.7 Å². The molecule has 116 valence electrons. The van der Waals surface area contributed by atoms with Gasteiger partial charge in [-0.1, -0.05) is 36.4 Å². The van der Waals surface area contributed by atoms with Gasteiger partial charge in [0.05, 0.1) is 5.56 Å². The molecular formula is C18H17N3O2. The van der Waals surface area contributed by atoms with Crippen molar-refractivity contribution in [3.8, 4) is 0 Å². The predicted octanol–water partition coefficient (Wildman–Crippen LogP) is 2.80. The molecule has 3 rings (SSSR count). The molecule has 5 nitrogen and oxygen atoms in total. The Labute approximate surface area is 134 Å². The molecule has 0 aliphatic heterocycles. The van der Waals surface area contributed by atoms with Crippen molar-refractivity contribution in [2.75, 3.05) is 5.73 Å². The maximum Gasteiger partial charge on any atom is 0.336 e. The van der Waals surface area contributed by atoms with Gasteiger partial charge in [0.15, 0.2) is 0 Å². The number of nitrogens with zero attached hydrogens (tertiary/aromatic N) is 2. The van der Waals surface area contributed by atoms with Gasteiger partial charge in [-0.2, -0.15) is 0 Å². The third-order valence-corrected chi connectivity index (χ3v) is 3.79. The number of aromatic nitrogens is 2. The molecule has 0 aliphatic carbocycles. The second-order valence-electron chi connectivity index (χ2n) is 5.31. The maximum absolute atomic E-state index is 11.3. The Hall–Kier alpha value is -3.08. The molecule has 1 aromatic heterocycles. The van der Waals surface area contributed by atoms with Gasteiger partial charge < -0.3 is 15.4 Å². The van der Waals surface area contributed by atoms with Crippen LogP contribution < -0.4 is 5.73 Å². The van der Waals surface area contributed by atoms with Crippen LogP contribution in [0.1, 0.15) is 27.3 Å². The van der Waals surface area contributed by atoms with E-state index in [0.717, 1.165) is 22.6 Å². The molecule has 3 N–H and O–H groups in total. The van der Waals surface area contributed by atoms with Crippen molar-refractivity contribution in [1.82, 2.24) is 9.55 Å². The van der Waals surface area contributed by atoms with Gasteiger partial charge in [-0.3, -0.25) is 0 Å². The molecule has 23 heavy (non-hydrogen) atoms. The summed E-state index contributed by atoms with van der Waals surface area (Å²) in [5.74, 6) is -0.0716. The Morgan fingerprint density at radius 2 is 1.78 bits per heavy atom. The topological polar surface area (TPSA) is 81.1 Å². The lowest BCUT2D eigenvalue weighted by atomic mass is 10.1. The second-order valence-corrected chi connectivity index (χ2v) is 5.31. The van der Waals surface area contributed by atoms with E-state index in [1.54, 1.807) is 18.3 Å². The van der Waals surface area contributed by atoms with Crippen molar-refractivity contribution in [2.45, 2.75) is 13.0 Å². The van der Waals surface area contributed by atoms with Crippen LogP contribution in [0.2, 0.25) is 0 Å². The summed E-state index contributed by atoms with van der Waals surface area (Å²) in [6.45, 7) is 0.463. The summed E-state index contributed by atoms with van der Waals surface area (Å²) in [5, 5.41) is 9.29. The molecule has 0 spiro atoms. The number of nitrogens with two attached hydrogens (primary N) is 1. The molecule has 2 aromatic carbocycles. The molecule has 0 aliphatic rings. The third kappa shape index (κ3) is 3.23. The van der Waals surface area contributed by atoms with E-state index in [1.165, 1.54) is 0 Å². The quantitative estimate of drug-likeness (QED) is 0.710. The van der Waals surface area contributed by atoms with Crippen molar-refractivity contribution in [2.24, 2.45) is 0 Å². The zero-order valence-electron chi connectivity index (χ0n) is 12.5. The van der Waals surface area contributed by atoms with Crippen molar-refractivity contribution in [3.05, 3.63) is 83.4 Å². The van der Waals surface area contributed by atoms with E-state index in [2.05, 4.69) is 4.98 Å². The van der Waals surface area contributed by atoms with Crippen LogP contribution >= 0.6 is 0 Å². The lowest BCUT2D eigenvalue weighted by Crippen LogP contribution is -2.10. The molecule has 0 amide bonds. The maximum atomic E-state index is 11.3. The Morgan fingerprint density at radius 3 is 2.52 bits per heavy atom. The lowest BCUT2D eigenvalue weighted by molar-refractivity contribution is 0.0695. The molecule has 3 aromatic rings. The Kier molecular flexibility index (Phi) is 4.10. The minimum atomic E-state index is -0.922. The summed E-state index contributed by atoms with van der Waals surface area (Å²) >= 11 is 0. The average Bonchev–Trinajstić information content (AvgIpc) is 2.97. The molecule has 0 fully saturated rings. The Balaban J connectivity index is 1.88. The standard InChI is InChI=1S/C18H17N3O2/c19-16-8-4-2-5-13(16)11-17-20-9-10-21(17)12-14-6-1-3-7-15(14)18(22)23/h1-10H,11-12,19H2,(H,22,23). The molecule has 0 saturated carbocycles. The summed E-state index contributed by atoms with van der Waals surface area (Å²) in [5.41, 5.74) is 8.79. The predicted molar refractivity (Wildman–Crippen MR) is 88.4 cm³/mol. The van der Waals surface area contributed by atoms with Crippen LogP contribution in [-0.4, -0.2) is 20.6 Å². The summed E-state index contributed by atoms with van der Waals surface area (Å²) in [6, 6.07) is 14.7. The number of hydrogen-bond donors (Lipinski definition) is 2. The fourth-order valence-electron chi connectivity index (χ4n) is 2.57. The molecule has 5 heteroatoms. The van der Waals surface area contributed by atoms with Gasteiger partial charge in [-0.25, -0.2) is 9.78 Å². The second kappa shape index (κ2) is 6.36. The molecule has 0 saturated heterocycles. The van der Waals surface area contributed by atoms with Gasteiger partial charge in [0, 0.05) is 31.0 Å². The van der Waals surface area contributed by atoms with E-state index in [4.69, 9.17) is 5.73 Å². The zero-order valence-corrected chi connectivity index (χ0v) is 12.5. The normalized spacial score (nSPS) is 10.6. The first-order valence-electron chi connectivity index (χ1n) is 7.29. The van der Waals surface area contributed by atoms with Crippen molar-refractivity contribution in [1.29, 1.82) is 0 Å².